The van der Waals surface area contributed by atoms with Gasteiger partial charge in [-0.2, -0.15) is 0 Å². The normalized spacial score (nSPS) is 12.8. The summed E-state index contributed by atoms with van der Waals surface area (Å²) in [6, 6.07) is 5.35. The third-order valence-corrected chi connectivity index (χ3v) is 3.09. The van der Waals surface area contributed by atoms with Gasteiger partial charge in [-0.3, -0.25) is 4.90 Å². The van der Waals surface area contributed by atoms with Crippen molar-refractivity contribution in [1.29, 1.82) is 0 Å². The molecule has 5 nitrogen and oxygen atoms in total. The van der Waals surface area contributed by atoms with Gasteiger partial charge in [0, 0.05) is 44.6 Å². The Morgan fingerprint density at radius 1 is 1.32 bits per heavy atom. The Bertz CT molecular complexity index is 385. The minimum absolute atomic E-state index is 0.237. The summed E-state index contributed by atoms with van der Waals surface area (Å²) in [6.07, 6.45) is 0. The largest absolute Gasteiger partial charge is 0.508 e. The Labute approximate surface area is 114 Å². The van der Waals surface area contributed by atoms with Crippen molar-refractivity contribution in [1.82, 2.24) is 4.90 Å². The highest BCUT2D eigenvalue weighted by atomic mass is 16.5. The topological polar surface area (TPSA) is 68.0 Å². The molecule has 0 spiro atoms. The SMILES string of the molecule is COCCN(Cc1cc(N)ccc1O)C(C)COC. The summed E-state index contributed by atoms with van der Waals surface area (Å²) in [7, 11) is 3.36. The summed E-state index contributed by atoms with van der Waals surface area (Å²) in [5, 5.41) is 9.88. The summed E-state index contributed by atoms with van der Waals surface area (Å²) >= 11 is 0. The number of benzene rings is 1. The van der Waals surface area contributed by atoms with Crippen molar-refractivity contribution in [2.45, 2.75) is 19.5 Å². The molecule has 108 valence electrons. The van der Waals surface area contributed by atoms with E-state index in [9.17, 15) is 5.11 Å². The monoisotopic (exact) mass is 268 g/mol. The molecule has 1 rings (SSSR count). The highest BCUT2D eigenvalue weighted by Gasteiger charge is 2.15. The van der Waals surface area contributed by atoms with Crippen LogP contribution in [0, 0.1) is 0 Å². The van der Waals surface area contributed by atoms with E-state index in [4.69, 9.17) is 15.2 Å². The number of anilines is 1. The van der Waals surface area contributed by atoms with Gasteiger partial charge in [0.25, 0.3) is 0 Å². The first-order chi connectivity index (χ1) is 9.08. The maximum atomic E-state index is 9.88. The van der Waals surface area contributed by atoms with E-state index in [0.717, 1.165) is 12.1 Å². The number of phenols is 1. The number of methoxy groups -OCH3 is 2. The molecule has 0 saturated heterocycles. The van der Waals surface area contributed by atoms with Crippen LogP contribution in [0.5, 0.6) is 5.75 Å². The van der Waals surface area contributed by atoms with E-state index < -0.39 is 0 Å². The van der Waals surface area contributed by atoms with Crippen LogP contribution in [0.1, 0.15) is 12.5 Å². The van der Waals surface area contributed by atoms with Gasteiger partial charge in [0.15, 0.2) is 0 Å². The van der Waals surface area contributed by atoms with Gasteiger partial charge in [0.2, 0.25) is 0 Å². The summed E-state index contributed by atoms with van der Waals surface area (Å²) in [4.78, 5) is 2.20. The van der Waals surface area contributed by atoms with Gasteiger partial charge < -0.3 is 20.3 Å². The molecule has 0 aliphatic rings. The third-order valence-electron chi connectivity index (χ3n) is 3.09. The lowest BCUT2D eigenvalue weighted by atomic mass is 10.1. The molecule has 0 amide bonds. The summed E-state index contributed by atoms with van der Waals surface area (Å²) in [5.74, 6) is 0.265. The number of hydrogen-bond acceptors (Lipinski definition) is 5. The zero-order chi connectivity index (χ0) is 14.3. The van der Waals surface area contributed by atoms with Crippen molar-refractivity contribution < 1.29 is 14.6 Å². The molecule has 0 heterocycles. The molecule has 0 bridgehead atoms. The molecule has 0 radical (unpaired) electrons. The fraction of sp³-hybridized carbons (Fsp3) is 0.571. The predicted molar refractivity (Wildman–Crippen MR) is 76.1 cm³/mol. The summed E-state index contributed by atoms with van der Waals surface area (Å²) in [5.41, 5.74) is 7.23. The van der Waals surface area contributed by atoms with E-state index in [-0.39, 0.29) is 11.8 Å². The number of nitrogens with zero attached hydrogens (tertiary/aromatic N) is 1. The molecule has 5 heteroatoms. The van der Waals surface area contributed by atoms with Crippen LogP contribution in [0.2, 0.25) is 0 Å². The van der Waals surface area contributed by atoms with Gasteiger partial charge in [0.1, 0.15) is 5.75 Å². The maximum absolute atomic E-state index is 9.88. The lowest BCUT2D eigenvalue weighted by Gasteiger charge is -2.28. The van der Waals surface area contributed by atoms with Gasteiger partial charge >= 0.3 is 0 Å². The predicted octanol–water partition coefficient (Wildman–Crippen LogP) is 1.46. The van der Waals surface area contributed by atoms with Crippen LogP contribution in [-0.2, 0) is 16.0 Å². The van der Waals surface area contributed by atoms with Gasteiger partial charge in [-0.15, -0.1) is 0 Å². The van der Waals surface area contributed by atoms with Crippen molar-refractivity contribution in [2.24, 2.45) is 0 Å². The average Bonchev–Trinajstić information content (AvgIpc) is 2.38. The molecular formula is C14H24N2O3. The van der Waals surface area contributed by atoms with Crippen LogP contribution in [0.3, 0.4) is 0 Å². The van der Waals surface area contributed by atoms with Crippen LogP contribution in [0.15, 0.2) is 18.2 Å². The number of nitrogen functional groups attached to an aromatic ring is 1. The van der Waals surface area contributed by atoms with Crippen molar-refractivity contribution >= 4 is 5.69 Å². The van der Waals surface area contributed by atoms with Crippen molar-refractivity contribution in [2.75, 3.05) is 39.7 Å². The van der Waals surface area contributed by atoms with E-state index in [1.54, 1.807) is 32.4 Å². The minimum Gasteiger partial charge on any atom is -0.508 e. The van der Waals surface area contributed by atoms with Crippen molar-refractivity contribution in [3.05, 3.63) is 23.8 Å². The molecular weight excluding hydrogens is 244 g/mol. The molecule has 0 saturated carbocycles. The molecule has 1 aromatic carbocycles. The Morgan fingerprint density at radius 2 is 2.05 bits per heavy atom. The number of ether oxygens (including phenoxy) is 2. The van der Waals surface area contributed by atoms with Crippen molar-refractivity contribution in [3.63, 3.8) is 0 Å². The zero-order valence-corrected chi connectivity index (χ0v) is 11.9. The molecule has 1 unspecified atom stereocenters. The smallest absolute Gasteiger partial charge is 0.120 e. The van der Waals surface area contributed by atoms with E-state index in [2.05, 4.69) is 11.8 Å². The Kier molecular flexibility index (Phi) is 6.62. The molecule has 19 heavy (non-hydrogen) atoms. The second-order valence-corrected chi connectivity index (χ2v) is 4.66. The molecule has 0 aliphatic carbocycles. The summed E-state index contributed by atoms with van der Waals surface area (Å²) < 4.78 is 10.3. The third kappa shape index (κ3) is 5.06. The van der Waals surface area contributed by atoms with Gasteiger partial charge in [-0.05, 0) is 25.1 Å². The van der Waals surface area contributed by atoms with Crippen LogP contribution in [-0.4, -0.2) is 50.0 Å². The van der Waals surface area contributed by atoms with Gasteiger partial charge in [-0.25, -0.2) is 0 Å². The lowest BCUT2D eigenvalue weighted by molar-refractivity contribution is 0.0700. The first kappa shape index (κ1) is 15.8. The molecule has 0 aliphatic heterocycles. The molecule has 1 aromatic rings. The second-order valence-electron chi connectivity index (χ2n) is 4.66. The molecule has 0 aromatic heterocycles. The first-order valence-electron chi connectivity index (χ1n) is 6.37. The van der Waals surface area contributed by atoms with E-state index >= 15 is 0 Å². The van der Waals surface area contributed by atoms with Gasteiger partial charge in [0.05, 0.1) is 13.2 Å². The highest BCUT2D eigenvalue weighted by Crippen LogP contribution is 2.22. The number of aromatic hydroxyl groups is 1. The summed E-state index contributed by atoms with van der Waals surface area (Å²) in [6.45, 7) is 4.74. The Balaban J connectivity index is 2.77. The number of nitrogens with two attached hydrogens (primary N) is 1. The Hall–Kier alpha value is -1.30. The zero-order valence-electron chi connectivity index (χ0n) is 11.9. The Morgan fingerprint density at radius 3 is 2.68 bits per heavy atom. The fourth-order valence-corrected chi connectivity index (χ4v) is 1.96. The number of rotatable bonds is 8. The van der Waals surface area contributed by atoms with E-state index in [0.29, 0.717) is 25.4 Å². The number of hydrogen-bond donors (Lipinski definition) is 2. The lowest BCUT2D eigenvalue weighted by Crippen LogP contribution is -2.38. The minimum atomic E-state index is 0.237. The molecule has 3 N–H and O–H groups in total. The van der Waals surface area contributed by atoms with E-state index in [1.807, 2.05) is 0 Å². The van der Waals surface area contributed by atoms with Crippen LogP contribution in [0.25, 0.3) is 0 Å². The van der Waals surface area contributed by atoms with Crippen LogP contribution < -0.4 is 5.73 Å². The maximum Gasteiger partial charge on any atom is 0.120 e. The highest BCUT2D eigenvalue weighted by molar-refractivity contribution is 5.47. The van der Waals surface area contributed by atoms with Crippen LogP contribution in [0.4, 0.5) is 5.69 Å². The average molecular weight is 268 g/mol. The molecule has 0 fully saturated rings. The standard InChI is InChI=1S/C14H24N2O3/c1-11(10-19-3)16(6-7-18-2)9-12-8-13(15)4-5-14(12)17/h4-5,8,11,17H,6-7,9-10,15H2,1-3H3. The molecule has 1 atom stereocenters. The van der Waals surface area contributed by atoms with Gasteiger partial charge in [-0.1, -0.05) is 0 Å². The second kappa shape index (κ2) is 7.99. The van der Waals surface area contributed by atoms with E-state index in [1.165, 1.54) is 0 Å². The first-order valence-corrected chi connectivity index (χ1v) is 6.37. The van der Waals surface area contributed by atoms with Crippen molar-refractivity contribution in [3.8, 4) is 5.75 Å². The quantitative estimate of drug-likeness (QED) is 0.552. The fourth-order valence-electron chi connectivity index (χ4n) is 1.96. The van der Waals surface area contributed by atoms with Crippen LogP contribution >= 0.6 is 0 Å². The number of phenolic OH excluding ortho intramolecular Hbond substituents is 1.